The molecule has 0 aliphatic rings. The van der Waals surface area contributed by atoms with Crippen LogP contribution < -0.4 is 12.4 Å². The van der Waals surface area contributed by atoms with E-state index in [1.54, 1.807) is 0 Å². The van der Waals surface area contributed by atoms with Crippen molar-refractivity contribution in [2.75, 3.05) is 34.3 Å². The van der Waals surface area contributed by atoms with Gasteiger partial charge in [-0.15, -0.1) is 0 Å². The summed E-state index contributed by atoms with van der Waals surface area (Å²) in [5, 5.41) is 8.12. The van der Waals surface area contributed by atoms with Crippen LogP contribution in [0.3, 0.4) is 0 Å². The summed E-state index contributed by atoms with van der Waals surface area (Å²) in [6, 6.07) is 0. The summed E-state index contributed by atoms with van der Waals surface area (Å²) in [5.74, 6) is 0. The number of ether oxygens (including phenoxy) is 1. The molecule has 0 radical (unpaired) electrons. The second kappa shape index (κ2) is 6.08. The van der Waals surface area contributed by atoms with Gasteiger partial charge in [-0.3, -0.25) is 0 Å². The minimum atomic E-state index is -1.19. The van der Waals surface area contributed by atoms with Crippen LogP contribution in [-0.4, -0.2) is 50.0 Å². The molecule has 12 heavy (non-hydrogen) atoms. The van der Waals surface area contributed by atoms with Gasteiger partial charge in [0, 0.05) is 6.42 Å². The highest BCUT2D eigenvalue weighted by Crippen LogP contribution is 1.93. The van der Waals surface area contributed by atoms with Crippen molar-refractivity contribution < 1.29 is 31.5 Å². The van der Waals surface area contributed by atoms with Crippen LogP contribution in [0.2, 0.25) is 0 Å². The maximum absolute atomic E-state index is 9.90. The Kier molecular flexibility index (Phi) is 7.13. The molecule has 0 aromatic heterocycles. The van der Waals surface area contributed by atoms with Gasteiger partial charge in [-0.2, -0.15) is 0 Å². The average molecular weight is 198 g/mol. The zero-order chi connectivity index (χ0) is 8.91. The van der Waals surface area contributed by atoms with Crippen molar-refractivity contribution in [1.29, 1.82) is 0 Å². The van der Waals surface area contributed by atoms with Crippen molar-refractivity contribution in [1.82, 2.24) is 0 Å². The molecule has 0 unspecified atom stereocenters. The fourth-order valence-corrected chi connectivity index (χ4v) is 0.698. The molecule has 0 heterocycles. The lowest BCUT2D eigenvalue weighted by atomic mass is 10.4. The molecule has 0 aliphatic carbocycles. The lowest BCUT2D eigenvalue weighted by Gasteiger charge is -2.23. The lowest BCUT2D eigenvalue weighted by Crippen LogP contribution is -3.00. The van der Waals surface area contributed by atoms with E-state index >= 15 is 0 Å². The molecule has 0 spiro atoms. The summed E-state index contributed by atoms with van der Waals surface area (Å²) in [6.45, 7) is 1.22. The van der Waals surface area contributed by atoms with Crippen LogP contribution in [0.4, 0.5) is 4.79 Å². The third-order valence-corrected chi connectivity index (χ3v) is 1.20. The Morgan fingerprint density at radius 3 is 2.25 bits per heavy atom. The number of hydrogen-bond donors (Lipinski definition) is 1. The number of hydrogen-bond acceptors (Lipinski definition) is 2. The molecule has 0 aliphatic heterocycles. The van der Waals surface area contributed by atoms with E-state index in [9.17, 15) is 4.79 Å². The zero-order valence-corrected chi connectivity index (χ0v) is 8.47. The zero-order valence-electron chi connectivity index (χ0n) is 7.71. The molecule has 0 amide bonds. The van der Waals surface area contributed by atoms with Gasteiger partial charge < -0.3 is 26.7 Å². The molecule has 0 saturated carbocycles. The van der Waals surface area contributed by atoms with E-state index in [1.165, 1.54) is 0 Å². The number of nitrogens with zero attached hydrogens (tertiary/aromatic N) is 1. The summed E-state index contributed by atoms with van der Waals surface area (Å²) in [6.07, 6.45) is -0.415. The smallest absolute Gasteiger partial charge is 0.505 e. The molecular weight excluding hydrogens is 182 g/mol. The summed E-state index contributed by atoms with van der Waals surface area (Å²) in [5.41, 5.74) is 0. The summed E-state index contributed by atoms with van der Waals surface area (Å²) in [4.78, 5) is 9.90. The Bertz CT molecular complexity index is 133. The Morgan fingerprint density at radius 2 is 1.92 bits per heavy atom. The van der Waals surface area contributed by atoms with Crippen molar-refractivity contribution in [2.45, 2.75) is 6.42 Å². The van der Waals surface area contributed by atoms with Gasteiger partial charge in [0.1, 0.15) is 6.61 Å². The normalized spacial score (nSPS) is 10.2. The summed E-state index contributed by atoms with van der Waals surface area (Å²) < 4.78 is 5.18. The maximum Gasteiger partial charge on any atom is 0.505 e. The second-order valence-corrected chi connectivity index (χ2v) is 3.48. The van der Waals surface area contributed by atoms with Crippen molar-refractivity contribution >= 4 is 6.16 Å². The predicted octanol–water partition coefficient (Wildman–Crippen LogP) is -2.22. The molecule has 0 rings (SSSR count). The van der Waals surface area contributed by atoms with Crippen LogP contribution in [0, 0.1) is 0 Å². The van der Waals surface area contributed by atoms with E-state index in [4.69, 9.17) is 5.11 Å². The molecule has 0 aromatic carbocycles. The number of carboxylic acid groups (broad SMARTS) is 1. The average Bonchev–Trinajstić information content (AvgIpc) is 1.78. The van der Waals surface area contributed by atoms with Gasteiger partial charge >= 0.3 is 6.16 Å². The van der Waals surface area contributed by atoms with E-state index in [0.29, 0.717) is 6.61 Å². The van der Waals surface area contributed by atoms with Crippen LogP contribution in [-0.2, 0) is 4.74 Å². The Labute approximate surface area is 79.1 Å². The first-order valence-corrected chi connectivity index (χ1v) is 3.58. The van der Waals surface area contributed by atoms with Crippen LogP contribution in [0.15, 0.2) is 0 Å². The summed E-state index contributed by atoms with van der Waals surface area (Å²) >= 11 is 0. The largest absolute Gasteiger partial charge is 1.00 e. The lowest BCUT2D eigenvalue weighted by molar-refractivity contribution is -0.870. The summed E-state index contributed by atoms with van der Waals surface area (Å²) in [7, 11) is 6.17. The molecule has 0 atom stereocenters. The maximum atomic E-state index is 9.90. The van der Waals surface area contributed by atoms with E-state index < -0.39 is 6.16 Å². The van der Waals surface area contributed by atoms with Crippen molar-refractivity contribution in [3.05, 3.63) is 0 Å². The minimum absolute atomic E-state index is 0. The SMILES string of the molecule is C[N+](C)(C)CCCOC(=O)O.[Cl-]. The Balaban J connectivity index is 0. The molecule has 74 valence electrons. The first kappa shape index (κ1) is 14.1. The molecular formula is C7H16ClNO3. The molecule has 0 saturated heterocycles. The van der Waals surface area contributed by atoms with Gasteiger partial charge in [0.05, 0.1) is 27.7 Å². The number of quaternary nitrogens is 1. The monoisotopic (exact) mass is 197 g/mol. The van der Waals surface area contributed by atoms with Crippen LogP contribution in [0.5, 0.6) is 0 Å². The van der Waals surface area contributed by atoms with Gasteiger partial charge in [-0.05, 0) is 0 Å². The number of halogens is 1. The van der Waals surface area contributed by atoms with Gasteiger partial charge in [-0.25, -0.2) is 4.79 Å². The quantitative estimate of drug-likeness (QED) is 0.316. The third kappa shape index (κ3) is 12.2. The van der Waals surface area contributed by atoms with Crippen molar-refractivity contribution in [3.8, 4) is 0 Å². The van der Waals surface area contributed by atoms with E-state index in [-0.39, 0.29) is 12.4 Å². The van der Waals surface area contributed by atoms with Gasteiger partial charge in [0.2, 0.25) is 0 Å². The molecule has 0 aromatic rings. The minimum Gasteiger partial charge on any atom is -1.00 e. The topological polar surface area (TPSA) is 46.5 Å². The van der Waals surface area contributed by atoms with Crippen LogP contribution in [0.25, 0.3) is 0 Å². The first-order chi connectivity index (χ1) is 4.92. The van der Waals surface area contributed by atoms with Crippen molar-refractivity contribution in [2.24, 2.45) is 0 Å². The third-order valence-electron chi connectivity index (χ3n) is 1.20. The second-order valence-electron chi connectivity index (χ2n) is 3.48. The van der Waals surface area contributed by atoms with Crippen LogP contribution >= 0.6 is 0 Å². The fraction of sp³-hybridized carbons (Fsp3) is 0.857. The molecule has 4 nitrogen and oxygen atoms in total. The van der Waals surface area contributed by atoms with Crippen LogP contribution in [0.1, 0.15) is 6.42 Å². The highest BCUT2D eigenvalue weighted by molar-refractivity contribution is 5.56. The van der Waals surface area contributed by atoms with Crippen molar-refractivity contribution in [3.63, 3.8) is 0 Å². The highest BCUT2D eigenvalue weighted by atomic mass is 35.5. The Morgan fingerprint density at radius 1 is 1.42 bits per heavy atom. The number of rotatable bonds is 4. The van der Waals surface area contributed by atoms with E-state index in [0.717, 1.165) is 17.4 Å². The Hall–Kier alpha value is -0.480. The van der Waals surface area contributed by atoms with Gasteiger partial charge in [-0.1, -0.05) is 0 Å². The van der Waals surface area contributed by atoms with Gasteiger partial charge in [0.15, 0.2) is 0 Å². The molecule has 1 N–H and O–H groups in total. The fourth-order valence-electron chi connectivity index (χ4n) is 0.698. The first-order valence-electron chi connectivity index (χ1n) is 3.58. The molecule has 0 fully saturated rings. The highest BCUT2D eigenvalue weighted by Gasteiger charge is 2.06. The number of carbonyl (C=O) groups is 1. The molecule has 0 bridgehead atoms. The predicted molar refractivity (Wildman–Crippen MR) is 41.5 cm³/mol. The standard InChI is InChI=1S/C7H15NO3.ClH/c1-8(2,3)5-4-6-11-7(9)10;/h4-6H2,1-3H3;1H. The van der Waals surface area contributed by atoms with E-state index in [2.05, 4.69) is 25.9 Å². The van der Waals surface area contributed by atoms with Gasteiger partial charge in [0.25, 0.3) is 0 Å². The molecule has 5 heteroatoms. The van der Waals surface area contributed by atoms with E-state index in [1.807, 2.05) is 0 Å².